The predicted molar refractivity (Wildman–Crippen MR) is 87.4 cm³/mol. The Morgan fingerprint density at radius 2 is 2.12 bits per heavy atom. The first-order chi connectivity index (χ1) is 11.5. The number of benzene rings is 1. The molecule has 0 atom stereocenters. The molecule has 0 saturated heterocycles. The lowest BCUT2D eigenvalue weighted by Crippen LogP contribution is -1.95. The summed E-state index contributed by atoms with van der Waals surface area (Å²) in [4.78, 5) is 7.93. The molecule has 6 nitrogen and oxygen atoms in total. The van der Waals surface area contributed by atoms with Gasteiger partial charge in [0.2, 0.25) is 11.2 Å². The van der Waals surface area contributed by atoms with Gasteiger partial charge in [0.1, 0.15) is 5.39 Å². The minimum Gasteiger partial charge on any atom is -0.433 e. The zero-order chi connectivity index (χ0) is 17.3. The largest absolute Gasteiger partial charge is 0.433 e. The van der Waals surface area contributed by atoms with Crippen LogP contribution in [0.1, 0.15) is 5.56 Å². The minimum absolute atomic E-state index is 0.0272. The number of fused-ring (bicyclic) bond motifs is 1. The van der Waals surface area contributed by atoms with E-state index in [1.54, 1.807) is 13.2 Å². The Bertz CT molecular complexity index is 986. The molecule has 0 spiro atoms. The van der Waals surface area contributed by atoms with Crippen molar-refractivity contribution in [2.24, 2.45) is 7.05 Å². The topological polar surface area (TPSA) is 76.6 Å². The van der Waals surface area contributed by atoms with E-state index in [9.17, 15) is 4.39 Å². The van der Waals surface area contributed by atoms with Gasteiger partial charge in [-0.3, -0.25) is 4.68 Å². The lowest BCUT2D eigenvalue weighted by molar-refractivity contribution is 0.432. The molecule has 2 aromatic heterocycles. The number of hydrogen-bond acceptors (Lipinski definition) is 5. The molecular formula is C15H8Cl2FN5O. The van der Waals surface area contributed by atoms with Gasteiger partial charge in [-0.15, -0.1) is 0 Å². The van der Waals surface area contributed by atoms with Gasteiger partial charge in [0.25, 0.3) is 0 Å². The van der Waals surface area contributed by atoms with E-state index in [2.05, 4.69) is 15.1 Å². The van der Waals surface area contributed by atoms with Gasteiger partial charge in [-0.05, 0) is 35.4 Å². The van der Waals surface area contributed by atoms with Crippen LogP contribution in [0.4, 0.5) is 4.39 Å². The molecule has 1 aromatic carbocycles. The van der Waals surface area contributed by atoms with E-state index < -0.39 is 5.82 Å². The summed E-state index contributed by atoms with van der Waals surface area (Å²) >= 11 is 11.9. The van der Waals surface area contributed by atoms with Crippen molar-refractivity contribution in [3.05, 3.63) is 46.1 Å². The number of hydrogen-bond donors (Lipinski definition) is 0. The highest BCUT2D eigenvalue weighted by atomic mass is 35.5. The molecule has 0 saturated carbocycles. The summed E-state index contributed by atoms with van der Waals surface area (Å²) in [5.74, 6) is -0.864. The molecule has 0 N–H and O–H groups in total. The molecule has 0 amide bonds. The highest BCUT2D eigenvalue weighted by Gasteiger charge is 2.17. The number of ether oxygens (including phenoxy) is 1. The van der Waals surface area contributed by atoms with Crippen molar-refractivity contribution < 1.29 is 9.13 Å². The van der Waals surface area contributed by atoms with Crippen LogP contribution in [-0.4, -0.2) is 19.7 Å². The third kappa shape index (κ3) is 3.15. The molecule has 3 rings (SSSR count). The van der Waals surface area contributed by atoms with Crippen molar-refractivity contribution >= 4 is 40.3 Å². The molecular weight excluding hydrogens is 356 g/mol. The van der Waals surface area contributed by atoms with Crippen LogP contribution in [0.2, 0.25) is 10.3 Å². The van der Waals surface area contributed by atoms with Crippen LogP contribution >= 0.6 is 23.2 Å². The van der Waals surface area contributed by atoms with E-state index >= 15 is 0 Å². The summed E-state index contributed by atoms with van der Waals surface area (Å²) in [6.07, 6.45) is 4.27. The molecule has 0 aliphatic carbocycles. The van der Waals surface area contributed by atoms with Gasteiger partial charge in [-0.1, -0.05) is 11.6 Å². The number of nitrogens with zero attached hydrogens (tertiary/aromatic N) is 5. The second-order valence-electron chi connectivity index (χ2n) is 4.72. The number of rotatable bonds is 3. The van der Waals surface area contributed by atoms with E-state index in [1.165, 1.54) is 29.0 Å². The van der Waals surface area contributed by atoms with Gasteiger partial charge < -0.3 is 4.74 Å². The highest BCUT2D eigenvalue weighted by Crippen LogP contribution is 2.35. The van der Waals surface area contributed by atoms with E-state index in [0.717, 1.165) is 0 Å². The fourth-order valence-electron chi connectivity index (χ4n) is 2.05. The third-order valence-electron chi connectivity index (χ3n) is 3.00. The van der Waals surface area contributed by atoms with Crippen molar-refractivity contribution in [1.82, 2.24) is 19.7 Å². The highest BCUT2D eigenvalue weighted by molar-refractivity contribution is 6.32. The van der Waals surface area contributed by atoms with Crippen molar-refractivity contribution in [1.29, 1.82) is 5.26 Å². The molecule has 24 heavy (non-hydrogen) atoms. The standard InChI is InChI=1S/C15H8Cl2FN5O/c1-23-7-9-13(22-23)20-15(17)21-14(9)24-12-10(16)5-8(3-2-4-19)6-11(12)18/h2-3,5-7H,1H3/b3-2+. The Labute approximate surface area is 145 Å². The van der Waals surface area contributed by atoms with Crippen LogP contribution < -0.4 is 4.74 Å². The molecule has 120 valence electrons. The van der Waals surface area contributed by atoms with E-state index in [-0.39, 0.29) is 21.9 Å². The number of allylic oxidation sites excluding steroid dienone is 1. The van der Waals surface area contributed by atoms with Crippen molar-refractivity contribution in [3.63, 3.8) is 0 Å². The lowest BCUT2D eigenvalue weighted by Gasteiger charge is -2.09. The van der Waals surface area contributed by atoms with Crippen LogP contribution in [0.25, 0.3) is 17.1 Å². The molecule has 2 heterocycles. The molecule has 9 heteroatoms. The quantitative estimate of drug-likeness (QED) is 0.516. The summed E-state index contributed by atoms with van der Waals surface area (Å²) in [6.45, 7) is 0. The van der Waals surface area contributed by atoms with E-state index in [4.69, 9.17) is 33.2 Å². The Kier molecular flexibility index (Phi) is 4.34. The SMILES string of the molecule is Cn1cc2c(Oc3c(F)cc(/C=C/C#N)cc3Cl)nc(Cl)nc2n1. The average Bonchev–Trinajstić information content (AvgIpc) is 2.88. The van der Waals surface area contributed by atoms with Crippen molar-refractivity contribution in [2.45, 2.75) is 0 Å². The summed E-state index contributed by atoms with van der Waals surface area (Å²) in [6, 6.07) is 4.48. The molecule has 0 aliphatic rings. The first-order valence-electron chi connectivity index (χ1n) is 6.58. The number of nitriles is 1. The minimum atomic E-state index is -0.702. The molecule has 0 aliphatic heterocycles. The Hall–Kier alpha value is -2.69. The second-order valence-corrected chi connectivity index (χ2v) is 5.46. The fourth-order valence-corrected chi connectivity index (χ4v) is 2.46. The fraction of sp³-hybridized carbons (Fsp3) is 0.0667. The van der Waals surface area contributed by atoms with Crippen LogP contribution in [0.3, 0.4) is 0 Å². The van der Waals surface area contributed by atoms with Gasteiger partial charge in [0, 0.05) is 19.3 Å². The lowest BCUT2D eigenvalue weighted by atomic mass is 10.2. The molecule has 0 bridgehead atoms. The molecule has 3 aromatic rings. The number of aryl methyl sites for hydroxylation is 1. The Morgan fingerprint density at radius 1 is 1.33 bits per heavy atom. The summed E-state index contributed by atoms with van der Waals surface area (Å²) in [5.41, 5.74) is 0.747. The maximum Gasteiger partial charge on any atom is 0.235 e. The first kappa shape index (κ1) is 16.2. The predicted octanol–water partition coefficient (Wildman–Crippen LogP) is 4.14. The average molecular weight is 364 g/mol. The van der Waals surface area contributed by atoms with Crippen LogP contribution in [0.5, 0.6) is 11.6 Å². The van der Waals surface area contributed by atoms with Crippen LogP contribution in [0, 0.1) is 17.1 Å². The van der Waals surface area contributed by atoms with Gasteiger partial charge in [0.05, 0.1) is 11.1 Å². The molecule has 0 radical (unpaired) electrons. The smallest absolute Gasteiger partial charge is 0.235 e. The van der Waals surface area contributed by atoms with Crippen LogP contribution in [0.15, 0.2) is 24.4 Å². The summed E-state index contributed by atoms with van der Waals surface area (Å²) < 4.78 is 21.3. The number of halogens is 3. The maximum atomic E-state index is 14.3. The van der Waals surface area contributed by atoms with Gasteiger partial charge in [-0.2, -0.15) is 20.3 Å². The van der Waals surface area contributed by atoms with Gasteiger partial charge >= 0.3 is 0 Å². The van der Waals surface area contributed by atoms with Crippen LogP contribution in [-0.2, 0) is 7.05 Å². The first-order valence-corrected chi connectivity index (χ1v) is 7.33. The molecule has 0 fully saturated rings. The molecule has 0 unspecified atom stereocenters. The van der Waals surface area contributed by atoms with Crippen molar-refractivity contribution in [2.75, 3.05) is 0 Å². The Morgan fingerprint density at radius 3 is 2.83 bits per heavy atom. The Balaban J connectivity index is 2.06. The third-order valence-corrected chi connectivity index (χ3v) is 3.45. The zero-order valence-corrected chi connectivity index (χ0v) is 13.7. The van der Waals surface area contributed by atoms with Gasteiger partial charge in [0.15, 0.2) is 17.2 Å². The zero-order valence-electron chi connectivity index (χ0n) is 12.2. The van der Waals surface area contributed by atoms with E-state index in [1.807, 2.05) is 6.07 Å². The monoisotopic (exact) mass is 363 g/mol. The normalized spacial score (nSPS) is 11.1. The van der Waals surface area contributed by atoms with E-state index in [0.29, 0.717) is 16.6 Å². The summed E-state index contributed by atoms with van der Waals surface area (Å²) in [7, 11) is 1.70. The van der Waals surface area contributed by atoms with Crippen molar-refractivity contribution in [3.8, 4) is 17.7 Å². The summed E-state index contributed by atoms with van der Waals surface area (Å²) in [5, 5.41) is 13.0. The van der Waals surface area contributed by atoms with Gasteiger partial charge in [-0.25, -0.2) is 4.39 Å². The second kappa shape index (κ2) is 6.43. The number of aromatic nitrogens is 4. The maximum absolute atomic E-state index is 14.3.